The SMILES string of the molecule is CCN(CC)c1ccc(/C=C2\CCC/C(=C\c3ccc(N(CC)CC)cc3)C2=O)cc1.CCN(CC)c1ccc(/C=C2\CCC/C(=C\c3ccc(N(CC)CC)cc3)C2=O)cc1. The molecule has 0 atom stereocenters. The van der Waals surface area contributed by atoms with Crippen LogP contribution in [0.5, 0.6) is 0 Å². The molecule has 6 rings (SSSR count). The van der Waals surface area contributed by atoms with E-state index in [1.54, 1.807) is 0 Å². The molecule has 4 aromatic rings. The van der Waals surface area contributed by atoms with E-state index in [2.05, 4.69) is 196 Å². The number of nitrogens with zero attached hydrogens (tertiary/aromatic N) is 4. The van der Waals surface area contributed by atoms with Gasteiger partial charge in [0.15, 0.2) is 11.6 Å². The lowest BCUT2D eigenvalue weighted by atomic mass is 9.87. The lowest BCUT2D eigenvalue weighted by Crippen LogP contribution is -2.21. The molecular weight excluding hydrogens is 761 g/mol. The lowest BCUT2D eigenvalue weighted by Gasteiger charge is -2.21. The van der Waals surface area contributed by atoms with E-state index >= 15 is 0 Å². The Morgan fingerprint density at radius 3 is 0.661 bits per heavy atom. The van der Waals surface area contributed by atoms with E-state index in [0.717, 1.165) is 135 Å². The van der Waals surface area contributed by atoms with Crippen molar-refractivity contribution >= 4 is 58.6 Å². The Labute approximate surface area is 374 Å². The number of allylic oxidation sites excluding steroid dienone is 4. The largest absolute Gasteiger partial charge is 0.372 e. The van der Waals surface area contributed by atoms with E-state index in [0.29, 0.717) is 0 Å². The Bertz CT molecular complexity index is 1830. The molecule has 328 valence electrons. The van der Waals surface area contributed by atoms with Gasteiger partial charge >= 0.3 is 0 Å². The second-order valence-electron chi connectivity index (χ2n) is 16.1. The smallest absolute Gasteiger partial charge is 0.185 e. The zero-order chi connectivity index (χ0) is 44.4. The van der Waals surface area contributed by atoms with Crippen LogP contribution in [-0.4, -0.2) is 63.9 Å². The van der Waals surface area contributed by atoms with Crippen LogP contribution in [-0.2, 0) is 9.59 Å². The fourth-order valence-corrected chi connectivity index (χ4v) is 8.64. The third-order valence-corrected chi connectivity index (χ3v) is 12.4. The van der Waals surface area contributed by atoms with Crippen molar-refractivity contribution in [2.24, 2.45) is 0 Å². The molecule has 0 spiro atoms. The molecule has 0 amide bonds. The van der Waals surface area contributed by atoms with Crippen LogP contribution in [0, 0.1) is 0 Å². The topological polar surface area (TPSA) is 47.1 Å². The summed E-state index contributed by atoms with van der Waals surface area (Å²) in [7, 11) is 0. The van der Waals surface area contributed by atoms with Crippen LogP contribution in [0.3, 0.4) is 0 Å². The molecule has 2 fully saturated rings. The number of anilines is 4. The Balaban J connectivity index is 0.000000234. The van der Waals surface area contributed by atoms with Crippen molar-refractivity contribution in [2.45, 2.75) is 93.9 Å². The first-order valence-corrected chi connectivity index (χ1v) is 23.5. The van der Waals surface area contributed by atoms with Crippen molar-refractivity contribution < 1.29 is 9.59 Å². The highest BCUT2D eigenvalue weighted by Gasteiger charge is 2.22. The molecule has 6 nitrogen and oxygen atoms in total. The molecule has 0 unspecified atom stereocenters. The summed E-state index contributed by atoms with van der Waals surface area (Å²) in [4.78, 5) is 35.5. The molecule has 4 aromatic carbocycles. The second-order valence-corrected chi connectivity index (χ2v) is 16.1. The van der Waals surface area contributed by atoms with Gasteiger partial charge in [-0.3, -0.25) is 9.59 Å². The van der Waals surface area contributed by atoms with Crippen molar-refractivity contribution in [1.29, 1.82) is 0 Å². The lowest BCUT2D eigenvalue weighted by molar-refractivity contribution is -0.113. The standard InChI is InChI=1S/2C28H36N2O/c2*1-5-29(6-2)26-16-12-22(13-17-26)20-24-10-9-11-25(28(24)31)21-23-14-18-27(19-15-23)30(7-3)8-4/h2*12-21H,5-11H2,1-4H3/b2*24-20+,25-21+. The summed E-state index contributed by atoms with van der Waals surface area (Å²) in [5.74, 6) is 0.402. The van der Waals surface area contributed by atoms with E-state index in [9.17, 15) is 9.59 Å². The molecule has 0 radical (unpaired) electrons. The molecule has 2 saturated carbocycles. The predicted molar refractivity (Wildman–Crippen MR) is 270 cm³/mol. The van der Waals surface area contributed by atoms with Crippen molar-refractivity contribution in [2.75, 3.05) is 72.0 Å². The summed E-state index contributed by atoms with van der Waals surface area (Å²) in [6, 6.07) is 34.2. The Morgan fingerprint density at radius 1 is 0.323 bits per heavy atom. The average molecular weight is 833 g/mol. The van der Waals surface area contributed by atoms with E-state index in [-0.39, 0.29) is 11.6 Å². The zero-order valence-electron chi connectivity index (χ0n) is 39.1. The summed E-state index contributed by atoms with van der Waals surface area (Å²) >= 11 is 0. The van der Waals surface area contributed by atoms with E-state index < -0.39 is 0 Å². The first kappa shape index (κ1) is 47.4. The molecular formula is C56H72N4O2. The minimum absolute atomic E-state index is 0.201. The van der Waals surface area contributed by atoms with Crippen LogP contribution < -0.4 is 19.6 Å². The fraction of sp³-hybridized carbons (Fsp3) is 0.393. The van der Waals surface area contributed by atoms with Crippen molar-refractivity contribution in [3.05, 3.63) is 142 Å². The first-order valence-electron chi connectivity index (χ1n) is 23.5. The van der Waals surface area contributed by atoms with Crippen LogP contribution in [0.4, 0.5) is 22.7 Å². The van der Waals surface area contributed by atoms with Crippen LogP contribution in [0.1, 0.15) is 116 Å². The van der Waals surface area contributed by atoms with Gasteiger partial charge < -0.3 is 19.6 Å². The third kappa shape index (κ3) is 12.7. The normalized spacial score (nSPS) is 16.7. The molecule has 0 bridgehead atoms. The molecule has 62 heavy (non-hydrogen) atoms. The number of benzene rings is 4. The Kier molecular flexibility index (Phi) is 18.5. The molecule has 0 heterocycles. The van der Waals surface area contributed by atoms with Crippen LogP contribution in [0.15, 0.2) is 119 Å². The van der Waals surface area contributed by atoms with E-state index in [1.807, 2.05) is 0 Å². The molecule has 0 saturated heterocycles. The molecule has 2 aliphatic carbocycles. The molecule has 0 aromatic heterocycles. The van der Waals surface area contributed by atoms with E-state index in [1.165, 1.54) is 22.7 Å². The van der Waals surface area contributed by atoms with Crippen molar-refractivity contribution in [1.82, 2.24) is 0 Å². The highest BCUT2D eigenvalue weighted by atomic mass is 16.1. The van der Waals surface area contributed by atoms with Gasteiger partial charge in [0.1, 0.15) is 0 Å². The molecule has 0 aliphatic heterocycles. The third-order valence-electron chi connectivity index (χ3n) is 12.4. The van der Waals surface area contributed by atoms with Gasteiger partial charge in [0.2, 0.25) is 0 Å². The number of ketones is 2. The highest BCUT2D eigenvalue weighted by Crippen LogP contribution is 2.31. The first-order chi connectivity index (χ1) is 30.2. The zero-order valence-corrected chi connectivity index (χ0v) is 39.1. The number of rotatable bonds is 16. The highest BCUT2D eigenvalue weighted by molar-refractivity contribution is 6.14. The summed E-state index contributed by atoms with van der Waals surface area (Å²) in [5, 5.41) is 0. The maximum atomic E-state index is 13.1. The van der Waals surface area contributed by atoms with Crippen LogP contribution in [0.25, 0.3) is 24.3 Å². The van der Waals surface area contributed by atoms with Crippen molar-refractivity contribution in [3.63, 3.8) is 0 Å². The van der Waals surface area contributed by atoms with Crippen LogP contribution in [0.2, 0.25) is 0 Å². The van der Waals surface area contributed by atoms with Gasteiger partial charge in [-0.25, -0.2) is 0 Å². The number of hydrogen-bond acceptors (Lipinski definition) is 6. The molecule has 0 N–H and O–H groups in total. The van der Waals surface area contributed by atoms with Gasteiger partial charge in [0.25, 0.3) is 0 Å². The number of hydrogen-bond donors (Lipinski definition) is 0. The Hall–Kier alpha value is -5.62. The minimum atomic E-state index is 0.201. The number of carbonyl (C=O) groups is 2. The minimum Gasteiger partial charge on any atom is -0.372 e. The van der Waals surface area contributed by atoms with Gasteiger partial charge in [0.05, 0.1) is 0 Å². The van der Waals surface area contributed by atoms with Crippen LogP contribution >= 0.6 is 0 Å². The van der Waals surface area contributed by atoms with E-state index in [4.69, 9.17) is 0 Å². The van der Waals surface area contributed by atoms with Gasteiger partial charge in [-0.2, -0.15) is 0 Å². The summed E-state index contributed by atoms with van der Waals surface area (Å²) in [6.07, 6.45) is 13.8. The van der Waals surface area contributed by atoms with Gasteiger partial charge in [-0.1, -0.05) is 48.5 Å². The maximum absolute atomic E-state index is 13.1. The Morgan fingerprint density at radius 2 is 0.500 bits per heavy atom. The summed E-state index contributed by atoms with van der Waals surface area (Å²) in [5.41, 5.74) is 13.0. The average Bonchev–Trinajstić information content (AvgIpc) is 3.30. The quantitative estimate of drug-likeness (QED) is 0.105. The van der Waals surface area contributed by atoms with Gasteiger partial charge in [0, 0.05) is 97.4 Å². The second kappa shape index (κ2) is 24.1. The van der Waals surface area contributed by atoms with Crippen molar-refractivity contribution in [3.8, 4) is 0 Å². The number of Topliss-reactive ketones (excluding diaryl/α,β-unsaturated/α-hetero) is 2. The summed E-state index contributed by atoms with van der Waals surface area (Å²) < 4.78 is 0. The maximum Gasteiger partial charge on any atom is 0.185 e. The van der Waals surface area contributed by atoms with Gasteiger partial charge in [-0.15, -0.1) is 0 Å². The monoisotopic (exact) mass is 833 g/mol. The van der Waals surface area contributed by atoms with Gasteiger partial charge in [-0.05, 0) is 189 Å². The fourth-order valence-electron chi connectivity index (χ4n) is 8.64. The predicted octanol–water partition coefficient (Wildman–Crippen LogP) is 13.2. The molecule has 2 aliphatic rings. The molecule has 6 heteroatoms. The summed E-state index contributed by atoms with van der Waals surface area (Å²) in [6.45, 7) is 25.4. The number of carbonyl (C=O) groups excluding carboxylic acids is 2.